The van der Waals surface area contributed by atoms with Gasteiger partial charge in [0.15, 0.2) is 5.96 Å². The summed E-state index contributed by atoms with van der Waals surface area (Å²) in [6.45, 7) is 0.475. The van der Waals surface area contributed by atoms with Gasteiger partial charge in [-0.15, -0.1) is 0 Å². The highest BCUT2D eigenvalue weighted by atomic mass is 16.3. The molecule has 0 spiro atoms. The number of carbonyl (C=O) groups excluding carboxylic acids is 4. The third-order valence-electron chi connectivity index (χ3n) is 5.95. The molecule has 4 atom stereocenters. The molecule has 1 fully saturated rings. The fraction of sp³-hybridized carbons (Fsp3) is 0.542. The van der Waals surface area contributed by atoms with Gasteiger partial charge in [-0.05, 0) is 37.7 Å². The number of nitrogens with two attached hydrogens (primary N) is 3. The molecule has 1 aromatic rings. The van der Waals surface area contributed by atoms with E-state index in [0.29, 0.717) is 19.4 Å². The number of nitrogens with one attached hydrogen (secondary N) is 3. The number of ketones is 1. The van der Waals surface area contributed by atoms with Gasteiger partial charge in [-0.25, -0.2) is 0 Å². The zero-order valence-corrected chi connectivity index (χ0v) is 20.3. The summed E-state index contributed by atoms with van der Waals surface area (Å²) in [7, 11) is 0. The molecule has 1 aliphatic rings. The highest BCUT2D eigenvalue weighted by Crippen LogP contribution is 2.16. The Morgan fingerprint density at radius 2 is 1.86 bits per heavy atom. The zero-order chi connectivity index (χ0) is 26.5. The molecule has 1 aliphatic heterocycles. The second-order valence-electron chi connectivity index (χ2n) is 8.85. The van der Waals surface area contributed by atoms with Gasteiger partial charge in [-0.2, -0.15) is 0 Å². The van der Waals surface area contributed by atoms with Crippen molar-refractivity contribution in [2.24, 2.45) is 28.1 Å². The van der Waals surface area contributed by atoms with Crippen LogP contribution < -0.4 is 38.3 Å². The van der Waals surface area contributed by atoms with Crippen molar-refractivity contribution in [3.63, 3.8) is 0 Å². The van der Waals surface area contributed by atoms with E-state index >= 15 is 0 Å². The van der Waals surface area contributed by atoms with Gasteiger partial charge >= 0.3 is 0 Å². The molecule has 0 aromatic heterocycles. The molecule has 0 saturated carbocycles. The van der Waals surface area contributed by atoms with E-state index in [1.807, 2.05) is 30.3 Å². The molecular weight excluding hydrogens is 466 g/mol. The summed E-state index contributed by atoms with van der Waals surface area (Å²) in [5, 5.41) is 20.8. The number of primary amides is 1. The highest BCUT2D eigenvalue weighted by molar-refractivity contribution is 5.90. The zero-order valence-electron chi connectivity index (χ0n) is 20.3. The van der Waals surface area contributed by atoms with E-state index in [9.17, 15) is 24.3 Å². The fourth-order valence-electron chi connectivity index (χ4n) is 4.03. The molecular formula is C24H36N7O5-. The van der Waals surface area contributed by atoms with Crippen LogP contribution >= 0.6 is 0 Å². The van der Waals surface area contributed by atoms with Crippen LogP contribution in [0.2, 0.25) is 0 Å². The molecule has 12 heteroatoms. The average molecular weight is 503 g/mol. The Bertz CT molecular complexity index is 921. The van der Waals surface area contributed by atoms with Crippen LogP contribution in [0.3, 0.4) is 0 Å². The molecule has 1 saturated heterocycles. The lowest BCUT2D eigenvalue weighted by Gasteiger charge is -2.31. The van der Waals surface area contributed by atoms with Crippen LogP contribution in [0.25, 0.3) is 0 Å². The molecule has 1 aromatic carbocycles. The van der Waals surface area contributed by atoms with E-state index in [0.717, 1.165) is 5.56 Å². The van der Waals surface area contributed by atoms with E-state index in [2.05, 4.69) is 20.9 Å². The molecule has 9 N–H and O–H groups in total. The van der Waals surface area contributed by atoms with E-state index in [4.69, 9.17) is 17.2 Å². The van der Waals surface area contributed by atoms with Crippen molar-refractivity contribution in [1.29, 1.82) is 0 Å². The average Bonchev–Trinajstić information content (AvgIpc) is 2.85. The summed E-state index contributed by atoms with van der Waals surface area (Å²) in [5.41, 5.74) is 16.9. The summed E-state index contributed by atoms with van der Waals surface area (Å²) in [6.07, 6.45) is -0.397. The maximum Gasteiger partial charge on any atom is 0.242 e. The predicted molar refractivity (Wildman–Crippen MR) is 132 cm³/mol. The molecule has 2 unspecified atom stereocenters. The van der Waals surface area contributed by atoms with Crippen molar-refractivity contribution in [1.82, 2.24) is 16.0 Å². The number of Topliss-reactive ketones (excluding diaryl/α,β-unsaturated/α-hetero) is 1. The van der Waals surface area contributed by atoms with Crippen LogP contribution in [0.15, 0.2) is 35.3 Å². The van der Waals surface area contributed by atoms with Crippen molar-refractivity contribution >= 4 is 29.5 Å². The number of hydrogen-bond acceptors (Lipinski definition) is 7. The standard InChI is InChI=1S/C24H36N7O5/c25-22(35)18(13-15-5-2-1-3-6-15)31-21(34)14-16-10-12-28-23(36)17(7-4-11-29-24(26)27)30-20(33)9-8-19(16)32/h1-3,5-6,16-18,21,31H,4,7-14H2,(H2,25,35)(H,28,36)(H,30,33)(H4,26,27,29)/q-1/t16?,17-,18+,21?/m0/s1. The van der Waals surface area contributed by atoms with Gasteiger partial charge in [0.2, 0.25) is 17.7 Å². The van der Waals surface area contributed by atoms with Gasteiger partial charge in [0.25, 0.3) is 0 Å². The number of nitrogens with zero attached hydrogens (tertiary/aromatic N) is 1. The molecule has 0 radical (unpaired) electrons. The topological polar surface area (TPSA) is 218 Å². The summed E-state index contributed by atoms with van der Waals surface area (Å²) in [4.78, 5) is 53.5. The van der Waals surface area contributed by atoms with Crippen LogP contribution in [-0.2, 0) is 25.6 Å². The lowest BCUT2D eigenvalue weighted by Crippen LogP contribution is -2.53. The van der Waals surface area contributed by atoms with Crippen LogP contribution in [0, 0.1) is 5.92 Å². The molecule has 1 heterocycles. The smallest absolute Gasteiger partial charge is 0.242 e. The number of aliphatic imine (C=N–C) groups is 1. The first-order chi connectivity index (χ1) is 17.2. The van der Waals surface area contributed by atoms with Crippen LogP contribution in [0.4, 0.5) is 0 Å². The first-order valence-corrected chi connectivity index (χ1v) is 12.1. The van der Waals surface area contributed by atoms with Crippen molar-refractivity contribution < 1.29 is 24.3 Å². The largest absolute Gasteiger partial charge is 0.841 e. The Hall–Kier alpha value is -3.51. The number of carbonyl (C=O) groups is 4. The lowest BCUT2D eigenvalue weighted by atomic mass is 9.92. The minimum Gasteiger partial charge on any atom is -0.841 e. The Labute approximate surface area is 210 Å². The second kappa shape index (κ2) is 14.8. The minimum absolute atomic E-state index is 0.0520. The Morgan fingerprint density at radius 3 is 2.53 bits per heavy atom. The Kier molecular flexibility index (Phi) is 11.8. The molecule has 3 amide bonds. The first kappa shape index (κ1) is 28.7. The minimum atomic E-state index is -1.43. The number of rotatable bonds is 11. The van der Waals surface area contributed by atoms with Crippen molar-refractivity contribution in [3.8, 4) is 0 Å². The number of guanidine groups is 1. The molecule has 12 nitrogen and oxygen atoms in total. The summed E-state index contributed by atoms with van der Waals surface area (Å²) < 4.78 is 0. The summed E-state index contributed by atoms with van der Waals surface area (Å²) in [5.74, 6) is -2.45. The van der Waals surface area contributed by atoms with Crippen LogP contribution in [0.1, 0.15) is 44.1 Å². The van der Waals surface area contributed by atoms with E-state index in [-0.39, 0.29) is 56.3 Å². The third kappa shape index (κ3) is 10.4. The van der Waals surface area contributed by atoms with Gasteiger partial charge in [0, 0.05) is 31.8 Å². The predicted octanol–water partition coefficient (Wildman–Crippen LogP) is -2.23. The van der Waals surface area contributed by atoms with Crippen molar-refractivity contribution in [2.45, 2.75) is 63.3 Å². The quantitative estimate of drug-likeness (QED) is 0.0840. The van der Waals surface area contributed by atoms with Gasteiger partial charge in [-0.1, -0.05) is 36.6 Å². The Morgan fingerprint density at radius 1 is 1.14 bits per heavy atom. The molecule has 2 rings (SSSR count). The lowest BCUT2D eigenvalue weighted by molar-refractivity contribution is -0.433. The van der Waals surface area contributed by atoms with Gasteiger partial charge in [0.1, 0.15) is 11.8 Å². The van der Waals surface area contributed by atoms with Gasteiger partial charge < -0.3 is 38.3 Å². The van der Waals surface area contributed by atoms with Crippen molar-refractivity contribution in [2.75, 3.05) is 13.1 Å². The van der Waals surface area contributed by atoms with E-state index < -0.39 is 36.0 Å². The van der Waals surface area contributed by atoms with Crippen LogP contribution in [-0.4, -0.2) is 60.9 Å². The SMILES string of the molecule is NC(=O)[C@@H](Cc1ccccc1)NC([O-])CC1CCNC(=O)[C@H](CCCN=C(N)N)NC(=O)CCC1=O. The second-order valence-corrected chi connectivity index (χ2v) is 8.85. The molecule has 198 valence electrons. The third-order valence-corrected chi connectivity index (χ3v) is 5.95. The normalized spacial score (nSPS) is 20.9. The monoisotopic (exact) mass is 502 g/mol. The maximum atomic E-state index is 12.8. The first-order valence-electron chi connectivity index (χ1n) is 12.1. The van der Waals surface area contributed by atoms with Crippen LogP contribution in [0.5, 0.6) is 0 Å². The Balaban J connectivity index is 1.97. The fourth-order valence-corrected chi connectivity index (χ4v) is 4.03. The van der Waals surface area contributed by atoms with Gasteiger partial charge in [-0.3, -0.25) is 24.2 Å². The number of amides is 3. The molecule has 0 aliphatic carbocycles. The number of benzene rings is 1. The van der Waals surface area contributed by atoms with Crippen molar-refractivity contribution in [3.05, 3.63) is 35.9 Å². The number of hydrogen-bond donors (Lipinski definition) is 6. The maximum absolute atomic E-state index is 12.8. The molecule has 36 heavy (non-hydrogen) atoms. The van der Waals surface area contributed by atoms with E-state index in [1.165, 1.54) is 0 Å². The molecule has 0 bridgehead atoms. The van der Waals surface area contributed by atoms with E-state index in [1.54, 1.807) is 0 Å². The van der Waals surface area contributed by atoms with Gasteiger partial charge in [0.05, 0.1) is 6.04 Å². The summed E-state index contributed by atoms with van der Waals surface area (Å²) >= 11 is 0. The highest BCUT2D eigenvalue weighted by Gasteiger charge is 2.26. The summed E-state index contributed by atoms with van der Waals surface area (Å²) in [6, 6.07) is 7.47.